The van der Waals surface area contributed by atoms with Gasteiger partial charge in [0.15, 0.2) is 31.5 Å². The van der Waals surface area contributed by atoms with E-state index in [0.29, 0.717) is 0 Å². The van der Waals surface area contributed by atoms with Crippen LogP contribution in [-0.4, -0.2) is 309 Å². The second-order valence-electron chi connectivity index (χ2n) is 15.7. The Bertz CT molecular complexity index is 1360. The van der Waals surface area contributed by atoms with Gasteiger partial charge in [0.2, 0.25) is 0 Å². The Labute approximate surface area is 356 Å². The van der Waals surface area contributed by atoms with Crippen LogP contribution in [-0.2, 0) is 47.4 Å². The van der Waals surface area contributed by atoms with Crippen LogP contribution in [0.25, 0.3) is 0 Å². The summed E-state index contributed by atoms with van der Waals surface area (Å²) >= 11 is 0. The molecule has 63 heavy (non-hydrogen) atoms. The van der Waals surface area contributed by atoms with Crippen LogP contribution >= 0.6 is 0 Å². The smallest absolute Gasteiger partial charge is 0.187 e. The van der Waals surface area contributed by atoms with Gasteiger partial charge in [-0.3, -0.25) is 0 Å². The maximum Gasteiger partial charge on any atom is 0.187 e. The number of aliphatic hydroxyl groups excluding tert-OH is 19. The molecule has 5 heterocycles. The zero-order valence-corrected chi connectivity index (χ0v) is 33.1. The summed E-state index contributed by atoms with van der Waals surface area (Å²) in [4.78, 5) is 0. The molecule has 29 nitrogen and oxygen atoms in total. The van der Waals surface area contributed by atoms with Gasteiger partial charge in [0.05, 0.1) is 46.2 Å². The molecule has 0 amide bonds. The van der Waals surface area contributed by atoms with E-state index in [0.717, 1.165) is 0 Å². The van der Waals surface area contributed by atoms with E-state index < -0.39 is 212 Å². The molecule has 0 radical (unpaired) electrons. The summed E-state index contributed by atoms with van der Waals surface area (Å²) in [5.41, 5.74) is 0. The molecule has 0 aromatic carbocycles. The van der Waals surface area contributed by atoms with E-state index in [9.17, 15) is 97.0 Å². The van der Waals surface area contributed by atoms with Gasteiger partial charge in [0, 0.05) is 0 Å². The highest BCUT2D eigenvalue weighted by atomic mass is 16.8. The summed E-state index contributed by atoms with van der Waals surface area (Å²) in [6, 6.07) is 0. The lowest BCUT2D eigenvalue weighted by Gasteiger charge is -2.49. The molecule has 0 bridgehead atoms. The third-order valence-electron chi connectivity index (χ3n) is 11.2. The minimum atomic E-state index is -2.22. The zero-order chi connectivity index (χ0) is 46.6. The number of ether oxygens (including phenoxy) is 10. The van der Waals surface area contributed by atoms with Gasteiger partial charge in [0.1, 0.15) is 134 Å². The second kappa shape index (κ2) is 23.2. The van der Waals surface area contributed by atoms with Gasteiger partial charge in [0.25, 0.3) is 0 Å². The van der Waals surface area contributed by atoms with Gasteiger partial charge < -0.3 is 144 Å². The average Bonchev–Trinajstić information content (AvgIpc) is 3.27. The van der Waals surface area contributed by atoms with Gasteiger partial charge in [-0.1, -0.05) is 0 Å². The van der Waals surface area contributed by atoms with Crippen molar-refractivity contribution in [3.63, 3.8) is 0 Å². The molecule has 5 aliphatic rings. The fourth-order valence-electron chi connectivity index (χ4n) is 7.35. The number of hydrogen-bond donors (Lipinski definition) is 19. The summed E-state index contributed by atoms with van der Waals surface area (Å²) in [6.45, 7) is -5.65. The lowest BCUT2D eigenvalue weighted by molar-refractivity contribution is -0.387. The Hall–Kier alpha value is -1.16. The van der Waals surface area contributed by atoms with Gasteiger partial charge in [-0.15, -0.1) is 0 Å². The van der Waals surface area contributed by atoms with Crippen molar-refractivity contribution in [2.45, 2.75) is 166 Å². The second-order valence-corrected chi connectivity index (χ2v) is 15.7. The van der Waals surface area contributed by atoms with E-state index in [4.69, 9.17) is 47.4 Å². The van der Waals surface area contributed by atoms with Gasteiger partial charge >= 0.3 is 0 Å². The Morgan fingerprint density at radius 3 is 1.33 bits per heavy atom. The minimum absolute atomic E-state index is 0.453. The number of aliphatic hydroxyl groups is 19. The Morgan fingerprint density at radius 2 is 0.841 bits per heavy atom. The van der Waals surface area contributed by atoms with Gasteiger partial charge in [-0.05, 0) is 0 Å². The normalized spacial score (nSPS) is 48.3. The first-order valence-corrected chi connectivity index (χ1v) is 19.9. The van der Waals surface area contributed by atoms with Crippen molar-refractivity contribution in [2.24, 2.45) is 0 Å². The van der Waals surface area contributed by atoms with Crippen LogP contribution in [0.2, 0.25) is 0 Å². The summed E-state index contributed by atoms with van der Waals surface area (Å²) < 4.78 is 55.2. The van der Waals surface area contributed by atoms with Crippen LogP contribution in [0.3, 0.4) is 0 Å². The van der Waals surface area contributed by atoms with E-state index in [-0.39, 0.29) is 0 Å². The van der Waals surface area contributed by atoms with Crippen molar-refractivity contribution in [3.05, 3.63) is 0 Å². The molecule has 0 aromatic heterocycles. The third-order valence-corrected chi connectivity index (χ3v) is 11.2. The standard InChI is InChI=1S/C34H60O29/c35-1-8(38)17(44)27(9(39)2-36)61-33-25(52)20(47)28(12(3-37)58-33)62-34-26(53)21(48)29(14(60-34)7-57-31-23(50)16(43)11(41)5-55-31)63-32-24(51)19(46)18(45)13(59-32)6-56-30-22(49)15(42)10(40)4-54-30/h8-53H,1-7H2/t8-,9+,10+,11+,12+,13+,14+,15-,16-,17+,18+,19-,20+,21+,22+,23+,24+,25+,26+,27+,28+,29+,30+,31+,32-,33-,34-/m0/s1. The van der Waals surface area contributed by atoms with Crippen molar-refractivity contribution in [1.29, 1.82) is 0 Å². The van der Waals surface area contributed by atoms with Crippen LogP contribution in [0.15, 0.2) is 0 Å². The van der Waals surface area contributed by atoms with Crippen LogP contribution in [0, 0.1) is 0 Å². The molecule has 29 heteroatoms. The highest BCUT2D eigenvalue weighted by Gasteiger charge is 2.55. The molecule has 5 saturated heterocycles. The lowest BCUT2D eigenvalue weighted by atomic mass is 9.95. The molecular formula is C34H60O29. The summed E-state index contributed by atoms with van der Waals surface area (Å²) in [7, 11) is 0. The molecule has 0 spiro atoms. The van der Waals surface area contributed by atoms with E-state index in [1.807, 2.05) is 0 Å². The molecule has 5 aliphatic heterocycles. The van der Waals surface area contributed by atoms with Crippen molar-refractivity contribution in [1.82, 2.24) is 0 Å². The van der Waals surface area contributed by atoms with Crippen molar-refractivity contribution in [2.75, 3.05) is 46.2 Å². The maximum atomic E-state index is 11.5. The third kappa shape index (κ3) is 11.9. The molecule has 5 rings (SSSR count). The topological polar surface area (TPSA) is 477 Å². The van der Waals surface area contributed by atoms with Crippen molar-refractivity contribution in [3.8, 4) is 0 Å². The minimum Gasteiger partial charge on any atom is -0.394 e. The number of hydrogen-bond acceptors (Lipinski definition) is 29. The lowest BCUT2D eigenvalue weighted by Crippen LogP contribution is -2.67. The van der Waals surface area contributed by atoms with Crippen molar-refractivity contribution < 1.29 is 144 Å². The summed E-state index contributed by atoms with van der Waals surface area (Å²) in [5.74, 6) is 0. The first-order chi connectivity index (χ1) is 29.7. The monoisotopic (exact) mass is 932 g/mol. The summed E-state index contributed by atoms with van der Waals surface area (Å²) in [5, 5.41) is 197. The molecule has 19 N–H and O–H groups in total. The van der Waals surface area contributed by atoms with Gasteiger partial charge in [-0.2, -0.15) is 0 Å². The Kier molecular flexibility index (Phi) is 19.5. The molecule has 5 fully saturated rings. The first-order valence-electron chi connectivity index (χ1n) is 19.9. The first kappa shape index (κ1) is 52.8. The molecule has 0 aromatic rings. The predicted molar refractivity (Wildman–Crippen MR) is 189 cm³/mol. The highest BCUT2D eigenvalue weighted by Crippen LogP contribution is 2.34. The Balaban J connectivity index is 1.33. The maximum absolute atomic E-state index is 11.5. The highest BCUT2D eigenvalue weighted by molar-refractivity contribution is 4.98. The van der Waals surface area contributed by atoms with E-state index in [1.54, 1.807) is 0 Å². The van der Waals surface area contributed by atoms with Crippen LogP contribution in [0.5, 0.6) is 0 Å². The SMILES string of the molecule is OC[C@@H](O)[C@@H](O[C@@H]1O[C@H](CO)[C@@H](O[C@@H]2O[C@H](CO[C@H]3OC[C@@H](O)[C@H](O)[C@H]3O)[C@@H](O[C@@H]3O[C@H](CO[C@H]4OC[C@@H](O)[C@H](O)[C@H]4O)[C@@H](O)[C@H](O)[C@H]3O)[C@H](O)[C@H]2O)[C@H](O)[C@H]1O)[C@H](O)[C@@H](O)CO. The fourth-order valence-corrected chi connectivity index (χ4v) is 7.35. The van der Waals surface area contributed by atoms with Crippen LogP contribution < -0.4 is 0 Å². The van der Waals surface area contributed by atoms with Crippen molar-refractivity contribution >= 4 is 0 Å². The fraction of sp³-hybridized carbons (Fsp3) is 1.00. The largest absolute Gasteiger partial charge is 0.394 e. The predicted octanol–water partition coefficient (Wildman–Crippen LogP) is -13.2. The molecule has 0 aliphatic carbocycles. The Morgan fingerprint density at radius 1 is 0.429 bits per heavy atom. The molecule has 0 unspecified atom stereocenters. The van der Waals surface area contributed by atoms with Gasteiger partial charge in [-0.25, -0.2) is 0 Å². The van der Waals surface area contributed by atoms with E-state index >= 15 is 0 Å². The quantitative estimate of drug-likeness (QED) is 0.0607. The molecule has 27 atom stereocenters. The van der Waals surface area contributed by atoms with E-state index in [1.165, 1.54) is 0 Å². The number of rotatable bonds is 18. The van der Waals surface area contributed by atoms with Crippen LogP contribution in [0.1, 0.15) is 0 Å². The summed E-state index contributed by atoms with van der Waals surface area (Å²) in [6.07, 6.45) is -51.0. The molecule has 0 saturated carbocycles. The average molecular weight is 933 g/mol. The molecule has 370 valence electrons. The van der Waals surface area contributed by atoms with Crippen LogP contribution in [0.4, 0.5) is 0 Å². The van der Waals surface area contributed by atoms with E-state index in [2.05, 4.69) is 0 Å². The zero-order valence-electron chi connectivity index (χ0n) is 33.1. The molecular weight excluding hydrogens is 872 g/mol.